The van der Waals surface area contributed by atoms with Crippen molar-refractivity contribution in [3.63, 3.8) is 0 Å². The number of nitrogens with zero attached hydrogens (tertiary/aromatic N) is 2. The van der Waals surface area contributed by atoms with Crippen LogP contribution in [-0.4, -0.2) is 34.4 Å². The van der Waals surface area contributed by atoms with Crippen molar-refractivity contribution in [1.82, 2.24) is 4.90 Å². The summed E-state index contributed by atoms with van der Waals surface area (Å²) in [7, 11) is 0. The molecule has 0 radical (unpaired) electrons. The normalized spacial score (nSPS) is 15.2. The lowest BCUT2D eigenvalue weighted by Gasteiger charge is -2.23. The van der Waals surface area contributed by atoms with Gasteiger partial charge in [0.1, 0.15) is 11.7 Å². The van der Waals surface area contributed by atoms with Crippen LogP contribution in [0.1, 0.15) is 35.2 Å². The van der Waals surface area contributed by atoms with Crippen molar-refractivity contribution in [1.29, 1.82) is 0 Å². The van der Waals surface area contributed by atoms with E-state index in [1.165, 1.54) is 12.1 Å². The summed E-state index contributed by atoms with van der Waals surface area (Å²) in [5.41, 5.74) is 6.55. The molecule has 0 saturated heterocycles. The number of oxime groups is 1. The third-order valence-corrected chi connectivity index (χ3v) is 3.42. The van der Waals surface area contributed by atoms with Crippen LogP contribution in [0.2, 0.25) is 0 Å². The monoisotopic (exact) mass is 279 g/mol. The van der Waals surface area contributed by atoms with E-state index in [0.717, 1.165) is 18.4 Å². The number of amidine groups is 1. The molecule has 1 saturated carbocycles. The van der Waals surface area contributed by atoms with Gasteiger partial charge in [-0.15, -0.1) is 0 Å². The Morgan fingerprint density at radius 2 is 2.25 bits per heavy atom. The van der Waals surface area contributed by atoms with E-state index in [1.807, 2.05) is 0 Å². The van der Waals surface area contributed by atoms with Crippen LogP contribution in [0.15, 0.2) is 23.4 Å². The number of carbonyl (C=O) groups excluding carboxylic acids is 1. The molecule has 1 amide bonds. The fourth-order valence-electron chi connectivity index (χ4n) is 2.10. The van der Waals surface area contributed by atoms with Crippen molar-refractivity contribution in [2.75, 3.05) is 6.54 Å². The Hall–Kier alpha value is -2.11. The predicted octanol–water partition coefficient (Wildman–Crippen LogP) is 1.88. The van der Waals surface area contributed by atoms with Crippen LogP contribution in [0.5, 0.6) is 0 Å². The molecule has 20 heavy (non-hydrogen) atoms. The molecule has 3 N–H and O–H groups in total. The Labute approximate surface area is 116 Å². The van der Waals surface area contributed by atoms with Crippen molar-refractivity contribution in [3.05, 3.63) is 35.1 Å². The van der Waals surface area contributed by atoms with Crippen LogP contribution in [0, 0.1) is 12.7 Å². The number of carbonyl (C=O) groups is 1. The van der Waals surface area contributed by atoms with E-state index < -0.39 is 5.82 Å². The topological polar surface area (TPSA) is 78.9 Å². The third-order valence-electron chi connectivity index (χ3n) is 3.42. The first-order valence-corrected chi connectivity index (χ1v) is 6.56. The van der Waals surface area contributed by atoms with Gasteiger partial charge in [-0.3, -0.25) is 4.79 Å². The number of nitrogens with two attached hydrogens (primary N) is 1. The second-order valence-corrected chi connectivity index (χ2v) is 5.03. The molecule has 1 aliphatic carbocycles. The Kier molecular flexibility index (Phi) is 4.22. The molecule has 5 nitrogen and oxygen atoms in total. The van der Waals surface area contributed by atoms with Crippen molar-refractivity contribution in [3.8, 4) is 0 Å². The fraction of sp³-hybridized carbons (Fsp3) is 0.429. The lowest BCUT2D eigenvalue weighted by Crippen LogP contribution is -2.36. The molecule has 0 aromatic heterocycles. The predicted molar refractivity (Wildman–Crippen MR) is 73.2 cm³/mol. The number of halogens is 1. The quantitative estimate of drug-likeness (QED) is 0.374. The Morgan fingerprint density at radius 1 is 1.55 bits per heavy atom. The van der Waals surface area contributed by atoms with Crippen molar-refractivity contribution in [2.45, 2.75) is 32.2 Å². The minimum absolute atomic E-state index is 0.0828. The number of benzene rings is 1. The molecule has 0 bridgehead atoms. The van der Waals surface area contributed by atoms with E-state index >= 15 is 0 Å². The van der Waals surface area contributed by atoms with Crippen molar-refractivity contribution >= 4 is 11.7 Å². The van der Waals surface area contributed by atoms with Gasteiger partial charge in [0.25, 0.3) is 5.91 Å². The molecular weight excluding hydrogens is 261 g/mol. The van der Waals surface area contributed by atoms with Gasteiger partial charge in [0.2, 0.25) is 0 Å². The number of hydrogen-bond donors (Lipinski definition) is 2. The van der Waals surface area contributed by atoms with E-state index in [9.17, 15) is 9.18 Å². The molecule has 1 aromatic carbocycles. The maximum atomic E-state index is 13.3. The van der Waals surface area contributed by atoms with Gasteiger partial charge in [0.15, 0.2) is 0 Å². The lowest BCUT2D eigenvalue weighted by atomic mass is 10.1. The van der Waals surface area contributed by atoms with E-state index in [0.29, 0.717) is 18.5 Å². The van der Waals surface area contributed by atoms with E-state index in [2.05, 4.69) is 5.16 Å². The van der Waals surface area contributed by atoms with Crippen molar-refractivity contribution < 1.29 is 14.4 Å². The summed E-state index contributed by atoms with van der Waals surface area (Å²) < 4.78 is 13.3. The summed E-state index contributed by atoms with van der Waals surface area (Å²) in [5, 5.41) is 11.4. The highest BCUT2D eigenvalue weighted by Crippen LogP contribution is 2.29. The second kappa shape index (κ2) is 5.90. The number of aryl methyl sites for hydroxylation is 1. The molecule has 0 aliphatic heterocycles. The summed E-state index contributed by atoms with van der Waals surface area (Å²) in [6.45, 7) is 2.15. The molecule has 6 heteroatoms. The summed E-state index contributed by atoms with van der Waals surface area (Å²) in [6, 6.07) is 4.37. The summed E-state index contributed by atoms with van der Waals surface area (Å²) in [4.78, 5) is 14.2. The van der Waals surface area contributed by atoms with E-state index in [4.69, 9.17) is 10.9 Å². The SMILES string of the molecule is Cc1ccc(F)cc1C(=O)N(CCC(N)=NO)C1CC1. The Bertz CT molecular complexity index is 541. The standard InChI is InChI=1S/C14H18FN3O2/c1-9-2-3-10(15)8-12(9)14(19)18(11-4-5-11)7-6-13(16)17-20/h2-3,8,11,20H,4-7H2,1H3,(H2,16,17). The molecule has 0 unspecified atom stereocenters. The van der Waals surface area contributed by atoms with Gasteiger partial charge in [-0.05, 0) is 37.5 Å². The van der Waals surface area contributed by atoms with Gasteiger partial charge in [-0.25, -0.2) is 4.39 Å². The van der Waals surface area contributed by atoms with Gasteiger partial charge >= 0.3 is 0 Å². The molecule has 0 atom stereocenters. The molecule has 1 fully saturated rings. The fourth-order valence-corrected chi connectivity index (χ4v) is 2.10. The zero-order valence-electron chi connectivity index (χ0n) is 11.3. The minimum Gasteiger partial charge on any atom is -0.409 e. The molecule has 108 valence electrons. The highest BCUT2D eigenvalue weighted by Gasteiger charge is 2.33. The van der Waals surface area contributed by atoms with Gasteiger partial charge in [-0.2, -0.15) is 0 Å². The zero-order valence-corrected chi connectivity index (χ0v) is 11.3. The van der Waals surface area contributed by atoms with Crippen LogP contribution in [0.4, 0.5) is 4.39 Å². The molecule has 0 heterocycles. The molecule has 0 spiro atoms. The number of amides is 1. The van der Waals surface area contributed by atoms with Gasteiger partial charge < -0.3 is 15.8 Å². The van der Waals surface area contributed by atoms with E-state index in [1.54, 1.807) is 17.9 Å². The number of hydrogen-bond acceptors (Lipinski definition) is 3. The lowest BCUT2D eigenvalue weighted by molar-refractivity contribution is 0.0746. The maximum absolute atomic E-state index is 13.3. The van der Waals surface area contributed by atoms with Crippen LogP contribution in [0.3, 0.4) is 0 Å². The highest BCUT2D eigenvalue weighted by molar-refractivity contribution is 5.96. The summed E-state index contributed by atoms with van der Waals surface area (Å²) in [5.74, 6) is -0.541. The van der Waals surface area contributed by atoms with Crippen LogP contribution in [-0.2, 0) is 0 Å². The third kappa shape index (κ3) is 3.26. The maximum Gasteiger partial charge on any atom is 0.254 e. The van der Waals surface area contributed by atoms with Crippen molar-refractivity contribution in [2.24, 2.45) is 10.9 Å². The van der Waals surface area contributed by atoms with Crippen LogP contribution >= 0.6 is 0 Å². The van der Waals surface area contributed by atoms with E-state index in [-0.39, 0.29) is 17.8 Å². The minimum atomic E-state index is -0.425. The highest BCUT2D eigenvalue weighted by atomic mass is 19.1. The Balaban J connectivity index is 2.16. The molecule has 1 aliphatic rings. The van der Waals surface area contributed by atoms with Crippen LogP contribution < -0.4 is 5.73 Å². The second-order valence-electron chi connectivity index (χ2n) is 5.03. The summed E-state index contributed by atoms with van der Waals surface area (Å²) >= 11 is 0. The zero-order chi connectivity index (χ0) is 14.7. The molecular formula is C14H18FN3O2. The average Bonchev–Trinajstić information content (AvgIpc) is 3.25. The molecule has 2 rings (SSSR count). The van der Waals surface area contributed by atoms with Crippen LogP contribution in [0.25, 0.3) is 0 Å². The smallest absolute Gasteiger partial charge is 0.254 e. The summed E-state index contributed by atoms with van der Waals surface area (Å²) in [6.07, 6.45) is 2.18. The largest absolute Gasteiger partial charge is 0.409 e. The first-order chi connectivity index (χ1) is 9.52. The van der Waals surface area contributed by atoms with Gasteiger partial charge in [-0.1, -0.05) is 11.2 Å². The van der Waals surface area contributed by atoms with Gasteiger partial charge in [0, 0.05) is 24.6 Å². The first-order valence-electron chi connectivity index (χ1n) is 6.56. The van der Waals surface area contributed by atoms with Gasteiger partial charge in [0.05, 0.1) is 0 Å². The average molecular weight is 279 g/mol. The molecule has 1 aromatic rings. The Morgan fingerprint density at radius 3 is 2.85 bits per heavy atom. The number of rotatable bonds is 5. The first kappa shape index (κ1) is 14.3.